The van der Waals surface area contributed by atoms with Crippen molar-refractivity contribution in [2.75, 3.05) is 52.5 Å². The maximum Gasteiger partial charge on any atom is 0.373 e. The molecule has 4 atom stereocenters. The number of H-pyrrole nitrogens is 1. The Balaban J connectivity index is -0.000000177. The molecule has 37 nitrogen and oxygen atoms in total. The van der Waals surface area contributed by atoms with E-state index in [0.717, 1.165) is 11.1 Å². The number of anilines is 1. The summed E-state index contributed by atoms with van der Waals surface area (Å²) in [4.78, 5) is 200. The molecule has 4 unspecified atom stereocenters. The van der Waals surface area contributed by atoms with Crippen LogP contribution >= 0.6 is 11.6 Å². The average molecular weight is 1540 g/mol. The molecule has 0 bridgehead atoms. The molecule has 0 aliphatic rings. The number of alkyl halides is 1. The summed E-state index contributed by atoms with van der Waals surface area (Å²) in [7, 11) is -1.00. The second-order valence-electron chi connectivity index (χ2n) is 19.7. The van der Waals surface area contributed by atoms with Crippen LogP contribution in [0.5, 0.6) is 0 Å². The van der Waals surface area contributed by atoms with E-state index in [2.05, 4.69) is 34.4 Å². The normalized spacial score (nSPS) is 10.9. The molecule has 0 aliphatic heterocycles. The van der Waals surface area contributed by atoms with Crippen molar-refractivity contribution in [2.45, 2.75) is 158 Å². The minimum absolute atomic E-state index is 0. The Morgan fingerprint density at radius 3 is 1.12 bits per heavy atom. The smallest absolute Gasteiger partial charge is 0.373 e. The summed E-state index contributed by atoms with van der Waals surface area (Å²) in [5.41, 5.74) is 6.05. The Labute approximate surface area is 622 Å². The van der Waals surface area contributed by atoms with E-state index in [9.17, 15) is 73.1 Å². The van der Waals surface area contributed by atoms with Crippen LogP contribution in [0.2, 0.25) is 5.02 Å². The van der Waals surface area contributed by atoms with E-state index in [4.69, 9.17) is 76.0 Å². The van der Waals surface area contributed by atoms with Crippen molar-refractivity contribution < 1.29 is 121 Å². The van der Waals surface area contributed by atoms with Gasteiger partial charge in [-0.05, 0) is 160 Å². The molecule has 0 aromatic carbocycles. The Kier molecular flexibility index (Phi) is 67.7. The molecule has 0 radical (unpaired) electrons. The minimum atomic E-state index is -1.00. The molecule has 0 saturated carbocycles. The summed E-state index contributed by atoms with van der Waals surface area (Å²) in [6.07, 6.45) is 10.4. The van der Waals surface area contributed by atoms with Gasteiger partial charge in [0.2, 0.25) is 5.56 Å². The van der Waals surface area contributed by atoms with Crippen LogP contribution in [0.25, 0.3) is 0 Å². The molecule has 5 heterocycles. The van der Waals surface area contributed by atoms with Crippen LogP contribution in [0.15, 0.2) is 96.4 Å². The highest BCUT2D eigenvalue weighted by Crippen LogP contribution is 2.31. The number of rotatable bonds is 23. The molecular weight excluding hydrogens is 1450 g/mol. The van der Waals surface area contributed by atoms with Crippen molar-refractivity contribution in [1.82, 2.24) is 24.9 Å². The fraction of sp³-hybridized carbons (Fsp3) is 0.456. The third-order valence-corrected chi connectivity index (χ3v) is 13.2. The second-order valence-corrected chi connectivity index (χ2v) is 20.2. The van der Waals surface area contributed by atoms with Crippen molar-refractivity contribution in [1.29, 1.82) is 0 Å². The largest absolute Gasteiger partial charge is 0.466 e. The summed E-state index contributed by atoms with van der Waals surface area (Å²) in [5, 5.41) is 31.4. The van der Waals surface area contributed by atoms with E-state index in [-0.39, 0.29) is 97.1 Å². The molecule has 39 heteroatoms. The number of carbonyl (C=O) groups excluding carboxylic acids is 15. The number of esters is 6. The van der Waals surface area contributed by atoms with E-state index in [1.807, 2.05) is 47.6 Å². The Bertz CT molecular complexity index is 3560. The number of nitrogens with one attached hydrogen (secondary N) is 1. The quantitative estimate of drug-likeness (QED) is 0.0153. The number of halogens is 2. The third kappa shape index (κ3) is 49.1. The molecule has 0 spiro atoms. The molecule has 0 fully saturated rings. The fourth-order valence-corrected chi connectivity index (χ4v) is 7.28. The number of ether oxygens (including phenoxy) is 6. The van der Waals surface area contributed by atoms with Gasteiger partial charge in [0.1, 0.15) is 30.4 Å². The summed E-state index contributed by atoms with van der Waals surface area (Å²) in [6.45, 7) is 28.5. The lowest BCUT2D eigenvalue weighted by Crippen LogP contribution is -2.34. The van der Waals surface area contributed by atoms with Gasteiger partial charge in [-0.15, -0.1) is 0 Å². The van der Waals surface area contributed by atoms with Crippen molar-refractivity contribution in [2.24, 2.45) is 0 Å². The van der Waals surface area contributed by atoms with Gasteiger partial charge in [-0.1, -0.05) is 51.4 Å². The predicted molar refractivity (Wildman–Crippen MR) is 374 cm³/mol. The maximum absolute atomic E-state index is 11.9. The van der Waals surface area contributed by atoms with Gasteiger partial charge in [0.25, 0.3) is 0 Å². The van der Waals surface area contributed by atoms with Crippen LogP contribution in [-0.2, 0) is 117 Å². The fourth-order valence-electron chi connectivity index (χ4n) is 7.16. The monoisotopic (exact) mass is 1540 g/mol. The van der Waals surface area contributed by atoms with Crippen LogP contribution in [0.1, 0.15) is 166 Å². The molecule has 107 heavy (non-hydrogen) atoms. The molecule has 0 amide bonds. The number of aromatic nitrogens is 5. The Morgan fingerprint density at radius 1 is 0.533 bits per heavy atom. The van der Waals surface area contributed by atoms with Crippen LogP contribution < -0.4 is 11.3 Å². The summed E-state index contributed by atoms with van der Waals surface area (Å²) in [5.74, 6) is -2.58. The number of carbonyl (C=O) groups is 7. The van der Waals surface area contributed by atoms with E-state index < -0.39 is 50.1 Å². The summed E-state index contributed by atoms with van der Waals surface area (Å²) >= 11 is 5.43. The van der Waals surface area contributed by atoms with Crippen LogP contribution in [0.3, 0.4) is 0 Å². The first kappa shape index (κ1) is 108. The van der Waals surface area contributed by atoms with Gasteiger partial charge in [-0.3, -0.25) is 42.7 Å². The zero-order chi connectivity index (χ0) is 84.3. The highest BCUT2D eigenvalue weighted by molar-refractivity contribution is 6.30. The molecule has 5 aromatic heterocycles. The average Bonchev–Trinajstić information content (AvgIpc) is 0.825. The molecule has 0 saturated heterocycles. The molecule has 0 aliphatic carbocycles. The Hall–Kier alpha value is -12.2. The predicted octanol–water partition coefficient (Wildman–Crippen LogP) is 9.21. The number of Topliss-reactive ketones (excluding diaryl/α,β-unsaturated/α-hetero) is 1. The van der Waals surface area contributed by atoms with Crippen LogP contribution in [-0.4, -0.2) is 153 Å². The lowest BCUT2D eigenvalue weighted by molar-refractivity contribution is -0.389. The number of aromatic amines is 1. The molecule has 592 valence electrons. The standard InChI is InChI=1S/C12H16N2O4.C12H18N2O2.C12H17NO3.C11H14N2O4.C6H10O3.C5H3ClN2O2.C4H8O2.CH3F.4CO2.CH3/c1-4-12(3,11(15)18-5-2)9-6-7-10(13-8-9)14(16)17;1-4-12(3,11(15)16-5-2)9-6-7-10(13)14-8-9;1-4-12(3,11(15)16-5-2)9-6-7-10(14)13-8-9;1-3-9(11(14)17-4-2)8-5-6-10(12-7-8)13(15)16;1-3-9-6(8)4-5(2)7;6-4-1-2-5(7-3-4)8(9)10;1-3-6-4(2)5;1-2;4*2-1-3;/h6-8H,4-5H2,1-3H3;6-8H,4-5H2,1-3H3,(H2,13,14);6-8H,4-5H2,1-3H3,(H,13,14);5-7,9H,3-4H2,1-2H3;3-4H2,1-2H3;1-3H;3H2,1-2H3;1H3;;;;;1H3/q;;;;;;;;;;;;-1/i;;;;;;;1D;;;;;. The molecule has 5 aromatic rings. The van der Waals surface area contributed by atoms with Gasteiger partial charge in [0.05, 0.1) is 75.4 Å². The number of hydrogen-bond donors (Lipinski definition) is 2. The van der Waals surface area contributed by atoms with Crippen LogP contribution in [0, 0.1) is 37.8 Å². The lowest BCUT2D eigenvalue weighted by atomic mass is 9.81. The molecule has 5 rings (SSSR count). The third-order valence-electron chi connectivity index (χ3n) is 13.0. The van der Waals surface area contributed by atoms with Crippen molar-refractivity contribution in [3.05, 3.63) is 167 Å². The van der Waals surface area contributed by atoms with Crippen molar-refractivity contribution in [3.63, 3.8) is 0 Å². The summed E-state index contributed by atoms with van der Waals surface area (Å²) in [6, 6.07) is 14.9. The first-order valence-corrected chi connectivity index (χ1v) is 31.4. The van der Waals surface area contributed by atoms with Gasteiger partial charge in [-0.25, -0.2) is 4.98 Å². The zero-order valence-corrected chi connectivity index (χ0v) is 62.9. The zero-order valence-electron chi connectivity index (χ0n) is 63.1. The first-order chi connectivity index (χ1) is 50.3. The minimum Gasteiger partial charge on any atom is -0.466 e. The van der Waals surface area contributed by atoms with Gasteiger partial charge < -0.3 is 76.9 Å². The Morgan fingerprint density at radius 2 is 0.869 bits per heavy atom. The number of nitrogens with zero attached hydrogens (tertiary/aromatic N) is 7. The van der Waals surface area contributed by atoms with Gasteiger partial charge in [-0.2, -0.15) is 38.4 Å². The van der Waals surface area contributed by atoms with Crippen molar-refractivity contribution in [3.8, 4) is 0 Å². The van der Waals surface area contributed by atoms with Gasteiger partial charge in [0.15, 0.2) is 6.20 Å². The summed E-state index contributed by atoms with van der Waals surface area (Å²) < 4.78 is 44.5. The topological polar surface area (TPSA) is 551 Å². The lowest BCUT2D eigenvalue weighted by Gasteiger charge is -2.25. The molecule has 3 N–H and O–H groups in total. The molecular formula is C68H92ClFN9O28-. The number of nitro groups is 3. The maximum atomic E-state index is 11.9. The van der Waals surface area contributed by atoms with Gasteiger partial charge >= 0.3 is 77.9 Å². The number of pyridine rings is 5. The number of nitrogen functional groups attached to an aromatic ring is 1. The number of hydrogen-bond acceptors (Lipinski definition) is 33. The van der Waals surface area contributed by atoms with E-state index in [0.29, 0.717) is 87.3 Å². The SMILES string of the molecule is CCOC(=O)C(C)(CC)c1ccc(=O)[nH]c1.CCOC(=O)C(C)(CC)c1ccc(N)nc1.CCOC(=O)C(C)(CC)c1ccc([N+](=O)[O-])nc1.CCOC(=O)C(CC)c1ccc([N+](=O)[O-])nc1.CCOC(=O)CC(C)=O.CCOC(C)=O.O=C=O.O=C=O.O=C=O.O=C=O.O=[N+]([O-])c1ccc(Cl)cn1.[2H]CF.[CH3-]. The number of ketones is 1. The highest BCUT2D eigenvalue weighted by atomic mass is 35.5. The second kappa shape index (κ2) is 67.0. The van der Waals surface area contributed by atoms with Gasteiger partial charge in [0, 0.05) is 54.7 Å². The highest BCUT2D eigenvalue weighted by Gasteiger charge is 2.38. The van der Waals surface area contributed by atoms with E-state index >= 15 is 0 Å². The van der Waals surface area contributed by atoms with E-state index in [1.54, 1.807) is 79.1 Å². The van der Waals surface area contributed by atoms with Crippen molar-refractivity contribution >= 4 is 101 Å². The van der Waals surface area contributed by atoms with E-state index in [1.165, 1.54) is 68.8 Å². The number of nitrogens with two attached hydrogens (primary N) is 1. The first-order valence-electron chi connectivity index (χ1n) is 31.7. The van der Waals surface area contributed by atoms with Crippen LogP contribution in [0.4, 0.5) is 27.7 Å².